The number of hydrogen-bond donors (Lipinski definition) is 1. The summed E-state index contributed by atoms with van der Waals surface area (Å²) in [4.78, 5) is 10.9. The van der Waals surface area contributed by atoms with Crippen LogP contribution in [-0.4, -0.2) is 24.0 Å². The van der Waals surface area contributed by atoms with E-state index >= 15 is 0 Å². The number of carboxylic acids is 1. The van der Waals surface area contributed by atoms with Gasteiger partial charge >= 0.3 is 168 Å². The van der Waals surface area contributed by atoms with Crippen LogP contribution in [0.2, 0.25) is 0 Å². The molecule has 0 aliphatic heterocycles. The monoisotopic (exact) mass is 444 g/mol. The molecule has 3 nitrogen and oxygen atoms in total. The number of benzene rings is 3. The van der Waals surface area contributed by atoms with E-state index in [0.717, 1.165) is 15.9 Å². The van der Waals surface area contributed by atoms with Gasteiger partial charge in [0.25, 0.3) is 0 Å². The van der Waals surface area contributed by atoms with E-state index in [4.69, 9.17) is 9.84 Å². The molecule has 0 heterocycles. The molecule has 3 aromatic rings. The van der Waals surface area contributed by atoms with Gasteiger partial charge in [-0.1, -0.05) is 0 Å². The molecule has 0 radical (unpaired) electrons. The average molecular weight is 445 g/mol. The van der Waals surface area contributed by atoms with Crippen molar-refractivity contribution in [3.05, 3.63) is 91.0 Å². The Bertz CT molecular complexity index is 786. The third kappa shape index (κ3) is 3.84. The summed E-state index contributed by atoms with van der Waals surface area (Å²) >= 11 is 4.24. The molecule has 3 rings (SSSR count). The fraction of sp³-hybridized carbons (Fsp3) is 0.136. The Morgan fingerprint density at radius 3 is 1.48 bits per heavy atom. The normalized spacial score (nSPS) is 12.9. The quantitative estimate of drug-likeness (QED) is 0.416. The summed E-state index contributed by atoms with van der Waals surface area (Å²) in [5.41, 5.74) is 0. The molecular formula is C22H22BrO3P. The van der Waals surface area contributed by atoms with E-state index < -0.39 is 11.3 Å². The fourth-order valence-electron chi connectivity index (χ4n) is 3.28. The molecule has 27 heavy (non-hydrogen) atoms. The SMILES string of the molecule is O=C(O)CCOCP(Br)(c1ccccc1)(c1ccccc1)c1ccccc1. The molecule has 0 spiro atoms. The van der Waals surface area contributed by atoms with E-state index in [1.54, 1.807) is 0 Å². The Hall–Kier alpha value is -2.00. The van der Waals surface area contributed by atoms with Gasteiger partial charge in [0, 0.05) is 0 Å². The minimum atomic E-state index is -3.11. The summed E-state index contributed by atoms with van der Waals surface area (Å²) in [6.45, 7) is 0.172. The van der Waals surface area contributed by atoms with Crippen LogP contribution >= 0.6 is 20.8 Å². The molecule has 0 bridgehead atoms. The first kappa shape index (κ1) is 19.8. The number of aliphatic carboxylic acids is 1. The molecule has 5 heteroatoms. The van der Waals surface area contributed by atoms with Crippen molar-refractivity contribution in [2.75, 3.05) is 13.0 Å². The van der Waals surface area contributed by atoms with Crippen molar-refractivity contribution in [3.63, 3.8) is 0 Å². The molecular weight excluding hydrogens is 423 g/mol. The van der Waals surface area contributed by atoms with Crippen LogP contribution in [0.15, 0.2) is 91.0 Å². The molecule has 0 fully saturated rings. The van der Waals surface area contributed by atoms with Crippen LogP contribution in [0.5, 0.6) is 0 Å². The second-order valence-electron chi connectivity index (χ2n) is 6.37. The van der Waals surface area contributed by atoms with Crippen molar-refractivity contribution in [1.82, 2.24) is 0 Å². The van der Waals surface area contributed by atoms with Crippen LogP contribution in [0.25, 0.3) is 0 Å². The Balaban J connectivity index is 2.21. The minimum absolute atomic E-state index is 0.0160. The molecule has 0 aliphatic carbocycles. The third-order valence-corrected chi connectivity index (χ3v) is 13.8. The predicted molar refractivity (Wildman–Crippen MR) is 117 cm³/mol. The average Bonchev–Trinajstić information content (AvgIpc) is 2.73. The second kappa shape index (κ2) is 8.35. The summed E-state index contributed by atoms with van der Waals surface area (Å²) in [5, 5.41) is 9.32. The summed E-state index contributed by atoms with van der Waals surface area (Å²) < 4.78 is 6.01. The first-order chi connectivity index (χ1) is 13.1. The van der Waals surface area contributed by atoms with Crippen LogP contribution in [0, 0.1) is 0 Å². The van der Waals surface area contributed by atoms with E-state index in [1.807, 2.05) is 54.6 Å². The zero-order chi connectivity index (χ0) is 19.2. The van der Waals surface area contributed by atoms with E-state index in [-0.39, 0.29) is 13.0 Å². The Kier molecular flexibility index (Phi) is 6.11. The number of rotatable bonds is 8. The van der Waals surface area contributed by atoms with Gasteiger partial charge in [-0.25, -0.2) is 0 Å². The van der Waals surface area contributed by atoms with Gasteiger partial charge < -0.3 is 0 Å². The molecule has 0 amide bonds. The molecule has 0 atom stereocenters. The standard InChI is InChI=1S/C22H22BrO3P/c23-27(18-26-17-16-22(24)25,19-10-4-1-5-11-19,20-12-6-2-7-13-20)21-14-8-3-9-15-21/h1-15H,16-18H2,(H,24,25). The molecule has 0 aliphatic rings. The number of halogens is 1. The molecule has 0 saturated heterocycles. The number of ether oxygens (including phenoxy) is 1. The number of carbonyl (C=O) groups is 1. The van der Waals surface area contributed by atoms with E-state index in [1.165, 1.54) is 0 Å². The molecule has 140 valence electrons. The van der Waals surface area contributed by atoms with Crippen LogP contribution in [0.1, 0.15) is 6.42 Å². The van der Waals surface area contributed by atoms with Crippen molar-refractivity contribution in [2.45, 2.75) is 6.42 Å². The summed E-state index contributed by atoms with van der Waals surface area (Å²) in [6, 6.07) is 30.9. The Morgan fingerprint density at radius 1 is 0.778 bits per heavy atom. The van der Waals surface area contributed by atoms with Crippen LogP contribution < -0.4 is 15.9 Å². The van der Waals surface area contributed by atoms with E-state index in [2.05, 4.69) is 51.9 Å². The number of carboxylic acid groups (broad SMARTS) is 1. The second-order valence-corrected chi connectivity index (χ2v) is 15.2. The molecule has 0 unspecified atom stereocenters. The zero-order valence-corrected chi connectivity index (χ0v) is 17.4. The maximum absolute atomic E-state index is 10.9. The van der Waals surface area contributed by atoms with Crippen molar-refractivity contribution in [3.8, 4) is 0 Å². The maximum atomic E-state index is 10.9. The molecule has 0 saturated carbocycles. The topological polar surface area (TPSA) is 46.5 Å². The summed E-state index contributed by atoms with van der Waals surface area (Å²) in [6.07, 6.45) is 0.370. The predicted octanol–water partition coefficient (Wildman–Crippen LogP) is 4.27. The van der Waals surface area contributed by atoms with Crippen LogP contribution in [-0.2, 0) is 9.53 Å². The van der Waals surface area contributed by atoms with Gasteiger partial charge in [0.05, 0.1) is 0 Å². The van der Waals surface area contributed by atoms with Crippen molar-refractivity contribution < 1.29 is 14.6 Å². The van der Waals surface area contributed by atoms with Gasteiger partial charge in [0.15, 0.2) is 0 Å². The first-order valence-electron chi connectivity index (χ1n) is 8.75. The molecule has 1 N–H and O–H groups in total. The van der Waals surface area contributed by atoms with E-state index in [9.17, 15) is 4.79 Å². The van der Waals surface area contributed by atoms with Gasteiger partial charge in [-0.15, -0.1) is 0 Å². The first-order valence-corrected chi connectivity index (χ1v) is 13.2. The van der Waals surface area contributed by atoms with Crippen molar-refractivity contribution in [2.24, 2.45) is 0 Å². The summed E-state index contributed by atoms with van der Waals surface area (Å²) in [7, 11) is 0. The third-order valence-electron chi connectivity index (χ3n) is 4.68. The van der Waals surface area contributed by atoms with Gasteiger partial charge in [-0.2, -0.15) is 0 Å². The van der Waals surface area contributed by atoms with Gasteiger partial charge in [-0.3, -0.25) is 0 Å². The molecule has 3 aromatic carbocycles. The Morgan fingerprint density at radius 2 is 1.15 bits per heavy atom. The zero-order valence-electron chi connectivity index (χ0n) is 14.9. The Labute approximate surface area is 167 Å². The van der Waals surface area contributed by atoms with Crippen LogP contribution in [0.3, 0.4) is 0 Å². The molecule has 0 aromatic heterocycles. The van der Waals surface area contributed by atoms with Gasteiger partial charge in [-0.05, 0) is 0 Å². The van der Waals surface area contributed by atoms with Crippen molar-refractivity contribution in [1.29, 1.82) is 0 Å². The van der Waals surface area contributed by atoms with E-state index in [0.29, 0.717) is 6.35 Å². The van der Waals surface area contributed by atoms with Crippen LogP contribution in [0.4, 0.5) is 0 Å². The summed E-state index contributed by atoms with van der Waals surface area (Å²) in [5.74, 6) is -0.857. The van der Waals surface area contributed by atoms with Gasteiger partial charge in [0.2, 0.25) is 0 Å². The van der Waals surface area contributed by atoms with Gasteiger partial charge in [0.1, 0.15) is 0 Å². The van der Waals surface area contributed by atoms with Crippen molar-refractivity contribution >= 4 is 42.7 Å². The number of hydrogen-bond acceptors (Lipinski definition) is 2. The fourth-order valence-corrected chi connectivity index (χ4v) is 10.0.